The molecular formula is C14H8BrClN2O2. The number of carboxylic acids is 1. The van der Waals surface area contributed by atoms with Gasteiger partial charge in [-0.1, -0.05) is 39.7 Å². The van der Waals surface area contributed by atoms with Crippen LogP contribution in [0.3, 0.4) is 0 Å². The first kappa shape index (κ1) is 13.1. The normalized spacial score (nSPS) is 10.9. The van der Waals surface area contributed by atoms with E-state index in [-0.39, 0.29) is 5.56 Å². The molecule has 0 aliphatic heterocycles. The molecule has 3 aromatic rings. The van der Waals surface area contributed by atoms with E-state index in [0.29, 0.717) is 21.9 Å². The van der Waals surface area contributed by atoms with E-state index in [4.69, 9.17) is 16.7 Å². The third kappa shape index (κ3) is 2.30. The molecule has 1 heterocycles. The molecule has 0 spiro atoms. The fourth-order valence-electron chi connectivity index (χ4n) is 1.97. The Morgan fingerprint density at radius 3 is 2.80 bits per heavy atom. The monoisotopic (exact) mass is 350 g/mol. The highest BCUT2D eigenvalue weighted by Crippen LogP contribution is 2.28. The number of rotatable bonds is 2. The van der Waals surface area contributed by atoms with Crippen LogP contribution in [0, 0.1) is 0 Å². The Balaban J connectivity index is 2.20. The third-order valence-electron chi connectivity index (χ3n) is 2.89. The van der Waals surface area contributed by atoms with E-state index in [1.165, 1.54) is 12.1 Å². The summed E-state index contributed by atoms with van der Waals surface area (Å²) in [6.07, 6.45) is 0. The van der Waals surface area contributed by atoms with Crippen LogP contribution in [0.4, 0.5) is 0 Å². The largest absolute Gasteiger partial charge is 0.478 e. The first-order valence-corrected chi connectivity index (χ1v) is 6.90. The number of hydrogen-bond acceptors (Lipinski definition) is 2. The maximum Gasteiger partial charge on any atom is 0.335 e. The van der Waals surface area contributed by atoms with Crippen molar-refractivity contribution in [2.75, 3.05) is 0 Å². The van der Waals surface area contributed by atoms with E-state index in [1.54, 1.807) is 0 Å². The molecule has 0 atom stereocenters. The Labute approximate surface area is 127 Å². The average molecular weight is 352 g/mol. The van der Waals surface area contributed by atoms with Gasteiger partial charge in [0.1, 0.15) is 11.3 Å². The molecule has 0 aliphatic rings. The second kappa shape index (κ2) is 4.92. The summed E-state index contributed by atoms with van der Waals surface area (Å²) in [4.78, 5) is 18.5. The summed E-state index contributed by atoms with van der Waals surface area (Å²) in [5.74, 6) is -0.377. The number of nitrogens with zero attached hydrogens (tertiary/aromatic N) is 1. The quantitative estimate of drug-likeness (QED) is 0.721. The molecule has 2 aromatic carbocycles. The van der Waals surface area contributed by atoms with E-state index < -0.39 is 5.97 Å². The minimum Gasteiger partial charge on any atom is -0.478 e. The van der Waals surface area contributed by atoms with Gasteiger partial charge < -0.3 is 10.1 Å². The zero-order valence-electron chi connectivity index (χ0n) is 10.0. The highest BCUT2D eigenvalue weighted by molar-refractivity contribution is 9.10. The zero-order valence-corrected chi connectivity index (χ0v) is 12.4. The number of aromatic carboxylic acids is 1. The molecule has 6 heteroatoms. The molecule has 20 heavy (non-hydrogen) atoms. The van der Waals surface area contributed by atoms with Gasteiger partial charge in [-0.25, -0.2) is 9.78 Å². The summed E-state index contributed by atoms with van der Waals surface area (Å²) in [7, 11) is 0. The van der Waals surface area contributed by atoms with Crippen LogP contribution in [-0.2, 0) is 0 Å². The maximum atomic E-state index is 11.0. The second-order valence-corrected chi connectivity index (χ2v) is 5.58. The van der Waals surface area contributed by atoms with E-state index in [9.17, 15) is 4.79 Å². The number of H-pyrrole nitrogens is 1. The molecule has 0 saturated carbocycles. The van der Waals surface area contributed by atoms with Crippen molar-refractivity contribution in [1.29, 1.82) is 0 Å². The smallest absolute Gasteiger partial charge is 0.335 e. The first-order valence-electron chi connectivity index (χ1n) is 5.73. The summed E-state index contributed by atoms with van der Waals surface area (Å²) < 4.78 is 0.938. The number of benzene rings is 2. The minimum absolute atomic E-state index is 0.131. The van der Waals surface area contributed by atoms with E-state index in [2.05, 4.69) is 25.9 Å². The first-order chi connectivity index (χ1) is 9.54. The molecular weight excluding hydrogens is 344 g/mol. The summed E-state index contributed by atoms with van der Waals surface area (Å²) in [6.45, 7) is 0. The van der Waals surface area contributed by atoms with Crippen molar-refractivity contribution in [1.82, 2.24) is 9.97 Å². The molecule has 100 valence electrons. The Morgan fingerprint density at radius 2 is 2.10 bits per heavy atom. The molecule has 3 rings (SSSR count). The van der Waals surface area contributed by atoms with Crippen molar-refractivity contribution < 1.29 is 9.90 Å². The van der Waals surface area contributed by atoms with E-state index >= 15 is 0 Å². The minimum atomic E-state index is -1.02. The lowest BCUT2D eigenvalue weighted by atomic mass is 10.2. The lowest BCUT2D eigenvalue weighted by molar-refractivity contribution is 0.0697. The fraction of sp³-hybridized carbons (Fsp3) is 0. The van der Waals surface area contributed by atoms with Crippen molar-refractivity contribution in [3.8, 4) is 11.4 Å². The number of hydrogen-bond donors (Lipinski definition) is 2. The fourth-order valence-corrected chi connectivity index (χ4v) is 2.63. The van der Waals surface area contributed by atoms with Crippen molar-refractivity contribution in [2.24, 2.45) is 0 Å². The van der Waals surface area contributed by atoms with Crippen LogP contribution in [-0.4, -0.2) is 21.0 Å². The van der Waals surface area contributed by atoms with Gasteiger partial charge in [-0.05, 0) is 24.3 Å². The Kier molecular flexibility index (Phi) is 3.23. The number of nitrogens with one attached hydrogen (secondary N) is 1. The molecule has 4 nitrogen and oxygen atoms in total. The number of aromatic amines is 1. The lowest BCUT2D eigenvalue weighted by Crippen LogP contribution is -1.95. The van der Waals surface area contributed by atoms with Gasteiger partial charge >= 0.3 is 5.97 Å². The predicted octanol–water partition coefficient (Wildman–Crippen LogP) is 4.34. The van der Waals surface area contributed by atoms with Gasteiger partial charge in [-0.2, -0.15) is 0 Å². The van der Waals surface area contributed by atoms with Crippen LogP contribution in [0.5, 0.6) is 0 Å². The Hall–Kier alpha value is -1.85. The van der Waals surface area contributed by atoms with Crippen LogP contribution in [0.1, 0.15) is 10.4 Å². The number of carboxylic acid groups (broad SMARTS) is 1. The molecule has 0 unspecified atom stereocenters. The van der Waals surface area contributed by atoms with Crippen molar-refractivity contribution >= 4 is 44.5 Å². The molecule has 1 aromatic heterocycles. The molecule has 2 N–H and O–H groups in total. The topological polar surface area (TPSA) is 66.0 Å². The maximum absolute atomic E-state index is 11.0. The van der Waals surface area contributed by atoms with Crippen LogP contribution >= 0.6 is 27.5 Å². The van der Waals surface area contributed by atoms with E-state index in [0.717, 1.165) is 10.0 Å². The SMILES string of the molecule is O=C(O)c1cc(Cl)c2nc(-c3cccc(Br)c3)[nH]c2c1. The summed E-state index contributed by atoms with van der Waals surface area (Å²) >= 11 is 9.49. The van der Waals surface area contributed by atoms with Gasteiger partial charge in [0.2, 0.25) is 0 Å². The summed E-state index contributed by atoms with van der Waals surface area (Å²) in [5.41, 5.74) is 2.19. The summed E-state index contributed by atoms with van der Waals surface area (Å²) in [5, 5.41) is 9.35. The molecule has 0 aliphatic carbocycles. The van der Waals surface area contributed by atoms with Crippen molar-refractivity contribution in [3.63, 3.8) is 0 Å². The number of fused-ring (bicyclic) bond motifs is 1. The van der Waals surface area contributed by atoms with Crippen LogP contribution in [0.15, 0.2) is 40.9 Å². The average Bonchev–Trinajstić information content (AvgIpc) is 2.83. The highest BCUT2D eigenvalue weighted by Gasteiger charge is 2.12. The number of halogens is 2. The van der Waals surface area contributed by atoms with Crippen LogP contribution in [0.2, 0.25) is 5.02 Å². The van der Waals surface area contributed by atoms with Crippen molar-refractivity contribution in [2.45, 2.75) is 0 Å². The van der Waals surface area contributed by atoms with Gasteiger partial charge in [0, 0.05) is 10.0 Å². The van der Waals surface area contributed by atoms with Crippen LogP contribution < -0.4 is 0 Å². The van der Waals surface area contributed by atoms with E-state index in [1.807, 2.05) is 24.3 Å². The number of carbonyl (C=O) groups is 1. The van der Waals surface area contributed by atoms with Gasteiger partial charge in [0.05, 0.1) is 16.1 Å². The van der Waals surface area contributed by atoms with Gasteiger partial charge in [-0.15, -0.1) is 0 Å². The number of imidazole rings is 1. The van der Waals surface area contributed by atoms with Gasteiger partial charge in [0.25, 0.3) is 0 Å². The highest BCUT2D eigenvalue weighted by atomic mass is 79.9. The zero-order chi connectivity index (χ0) is 14.3. The predicted molar refractivity (Wildman–Crippen MR) is 81.2 cm³/mol. The second-order valence-electron chi connectivity index (χ2n) is 4.26. The number of aromatic nitrogens is 2. The van der Waals surface area contributed by atoms with Crippen molar-refractivity contribution in [3.05, 3.63) is 51.5 Å². The van der Waals surface area contributed by atoms with Crippen LogP contribution in [0.25, 0.3) is 22.4 Å². The Bertz CT molecular complexity index is 829. The molecule has 0 bridgehead atoms. The molecule has 0 saturated heterocycles. The van der Waals surface area contributed by atoms with Gasteiger partial charge in [-0.3, -0.25) is 0 Å². The third-order valence-corrected chi connectivity index (χ3v) is 3.67. The standard InChI is InChI=1S/C14H8BrClN2O2/c15-9-3-1-2-7(4-9)13-17-11-6-8(14(19)20)5-10(16)12(11)18-13/h1-6H,(H,17,18)(H,19,20). The molecule has 0 radical (unpaired) electrons. The van der Waals surface area contributed by atoms with Gasteiger partial charge in [0.15, 0.2) is 0 Å². The lowest BCUT2D eigenvalue weighted by Gasteiger charge is -1.96. The summed E-state index contributed by atoms with van der Waals surface area (Å²) in [6, 6.07) is 10.6. The molecule has 0 fully saturated rings. The Morgan fingerprint density at radius 1 is 1.30 bits per heavy atom. The molecule has 0 amide bonds.